The Balaban J connectivity index is 2.03. The highest BCUT2D eigenvalue weighted by atomic mass is 16.4. The SMILES string of the molecule is Cc1ccc(N(CC(=O)O)CC(=O)NC2CC2)cc1. The Morgan fingerprint density at radius 3 is 2.42 bits per heavy atom. The molecule has 2 rings (SSSR count). The summed E-state index contributed by atoms with van der Waals surface area (Å²) < 4.78 is 0. The molecule has 0 aromatic heterocycles. The van der Waals surface area contributed by atoms with E-state index in [1.54, 1.807) is 4.90 Å². The highest BCUT2D eigenvalue weighted by molar-refractivity contribution is 5.84. The normalized spacial score (nSPS) is 13.9. The molecule has 1 aromatic rings. The van der Waals surface area contributed by atoms with Crippen LogP contribution < -0.4 is 10.2 Å². The summed E-state index contributed by atoms with van der Waals surface area (Å²) in [5.74, 6) is -1.07. The minimum Gasteiger partial charge on any atom is -0.480 e. The van der Waals surface area contributed by atoms with Crippen molar-refractivity contribution in [1.82, 2.24) is 5.32 Å². The van der Waals surface area contributed by atoms with Crippen molar-refractivity contribution in [1.29, 1.82) is 0 Å². The Morgan fingerprint density at radius 2 is 1.89 bits per heavy atom. The van der Waals surface area contributed by atoms with Crippen LogP contribution in [0.4, 0.5) is 5.69 Å². The Kier molecular flexibility index (Phi) is 4.04. The molecule has 0 unspecified atom stereocenters. The maximum atomic E-state index is 11.8. The van der Waals surface area contributed by atoms with Crippen molar-refractivity contribution in [3.05, 3.63) is 29.8 Å². The molecule has 0 atom stereocenters. The van der Waals surface area contributed by atoms with E-state index in [4.69, 9.17) is 5.11 Å². The van der Waals surface area contributed by atoms with Gasteiger partial charge in [0.15, 0.2) is 0 Å². The minimum absolute atomic E-state index is 0.0753. The van der Waals surface area contributed by atoms with Gasteiger partial charge in [0.1, 0.15) is 6.54 Å². The molecule has 1 aliphatic rings. The molecule has 1 fully saturated rings. The first kappa shape index (κ1) is 13.4. The lowest BCUT2D eigenvalue weighted by Crippen LogP contribution is -2.40. The summed E-state index contributed by atoms with van der Waals surface area (Å²) in [6, 6.07) is 7.77. The van der Waals surface area contributed by atoms with Crippen LogP contribution >= 0.6 is 0 Å². The van der Waals surface area contributed by atoms with E-state index in [0.717, 1.165) is 24.1 Å². The highest BCUT2D eigenvalue weighted by Crippen LogP contribution is 2.19. The lowest BCUT2D eigenvalue weighted by molar-refractivity contribution is -0.135. The molecule has 0 spiro atoms. The van der Waals surface area contributed by atoms with E-state index in [1.165, 1.54) is 0 Å². The van der Waals surface area contributed by atoms with Crippen LogP contribution in [0.3, 0.4) is 0 Å². The predicted molar refractivity (Wildman–Crippen MR) is 72.2 cm³/mol. The second-order valence-corrected chi connectivity index (χ2v) is 4.93. The number of benzene rings is 1. The highest BCUT2D eigenvalue weighted by Gasteiger charge is 2.24. The van der Waals surface area contributed by atoms with E-state index in [0.29, 0.717) is 0 Å². The van der Waals surface area contributed by atoms with Crippen LogP contribution in [0, 0.1) is 6.92 Å². The summed E-state index contributed by atoms with van der Waals surface area (Å²) in [5, 5.41) is 11.8. The fourth-order valence-electron chi connectivity index (χ4n) is 1.83. The topological polar surface area (TPSA) is 69.6 Å². The number of carbonyl (C=O) groups is 2. The summed E-state index contributed by atoms with van der Waals surface area (Å²) in [7, 11) is 0. The number of carbonyl (C=O) groups excluding carboxylic acids is 1. The lowest BCUT2D eigenvalue weighted by atomic mass is 10.2. The first-order chi connectivity index (χ1) is 9.04. The molecule has 0 radical (unpaired) electrons. The zero-order valence-electron chi connectivity index (χ0n) is 10.9. The van der Waals surface area contributed by atoms with Gasteiger partial charge in [0.25, 0.3) is 0 Å². The van der Waals surface area contributed by atoms with Crippen LogP contribution in [0.25, 0.3) is 0 Å². The number of anilines is 1. The van der Waals surface area contributed by atoms with Gasteiger partial charge in [-0.05, 0) is 31.9 Å². The van der Waals surface area contributed by atoms with E-state index in [9.17, 15) is 9.59 Å². The van der Waals surface area contributed by atoms with Crippen molar-refractivity contribution < 1.29 is 14.7 Å². The molecule has 102 valence electrons. The van der Waals surface area contributed by atoms with Crippen LogP contribution in [0.1, 0.15) is 18.4 Å². The standard InChI is InChI=1S/C14H18N2O3/c1-10-2-6-12(7-3-10)16(9-14(18)19)8-13(17)15-11-4-5-11/h2-3,6-7,11H,4-5,8-9H2,1H3,(H,15,17)(H,18,19). The van der Waals surface area contributed by atoms with E-state index < -0.39 is 5.97 Å². The third-order valence-corrected chi connectivity index (χ3v) is 3.00. The van der Waals surface area contributed by atoms with Gasteiger partial charge < -0.3 is 15.3 Å². The molecule has 1 aliphatic carbocycles. The van der Waals surface area contributed by atoms with Crippen molar-refractivity contribution in [2.75, 3.05) is 18.0 Å². The van der Waals surface area contributed by atoms with E-state index in [-0.39, 0.29) is 25.0 Å². The molecule has 5 nitrogen and oxygen atoms in total. The third-order valence-electron chi connectivity index (χ3n) is 3.00. The van der Waals surface area contributed by atoms with Gasteiger partial charge in [0.05, 0.1) is 6.54 Å². The van der Waals surface area contributed by atoms with Gasteiger partial charge in [-0.3, -0.25) is 9.59 Å². The second-order valence-electron chi connectivity index (χ2n) is 4.93. The summed E-state index contributed by atoms with van der Waals surface area (Å²) in [5.41, 5.74) is 1.85. The number of nitrogens with one attached hydrogen (secondary N) is 1. The van der Waals surface area contributed by atoms with Crippen LogP contribution in [-0.2, 0) is 9.59 Å². The molecule has 0 heterocycles. The average molecular weight is 262 g/mol. The summed E-state index contributed by atoms with van der Waals surface area (Å²) in [6.07, 6.45) is 2.05. The fourth-order valence-corrected chi connectivity index (χ4v) is 1.83. The Bertz CT molecular complexity index is 466. The van der Waals surface area contributed by atoms with Crippen molar-refractivity contribution in [3.63, 3.8) is 0 Å². The smallest absolute Gasteiger partial charge is 0.323 e. The van der Waals surface area contributed by atoms with Crippen LogP contribution in [-0.4, -0.2) is 36.1 Å². The molecule has 0 bridgehead atoms. The third kappa shape index (κ3) is 4.28. The molecule has 0 aliphatic heterocycles. The second kappa shape index (κ2) is 5.73. The molecule has 1 amide bonds. The molecule has 1 saturated carbocycles. The molecular formula is C14H18N2O3. The largest absolute Gasteiger partial charge is 0.480 e. The van der Waals surface area contributed by atoms with Gasteiger partial charge >= 0.3 is 5.97 Å². The average Bonchev–Trinajstić information content (AvgIpc) is 3.12. The lowest BCUT2D eigenvalue weighted by Gasteiger charge is -2.22. The minimum atomic E-state index is -0.945. The zero-order chi connectivity index (χ0) is 13.8. The number of carboxylic acid groups (broad SMARTS) is 1. The quantitative estimate of drug-likeness (QED) is 0.807. The molecule has 0 saturated heterocycles. The zero-order valence-corrected chi connectivity index (χ0v) is 10.9. The molecule has 19 heavy (non-hydrogen) atoms. The first-order valence-corrected chi connectivity index (χ1v) is 6.37. The maximum absolute atomic E-state index is 11.8. The summed E-state index contributed by atoms with van der Waals surface area (Å²) in [4.78, 5) is 24.2. The number of nitrogens with zero attached hydrogens (tertiary/aromatic N) is 1. The van der Waals surface area contributed by atoms with Gasteiger partial charge in [-0.15, -0.1) is 0 Å². The van der Waals surface area contributed by atoms with E-state index >= 15 is 0 Å². The van der Waals surface area contributed by atoms with Crippen LogP contribution in [0.2, 0.25) is 0 Å². The van der Waals surface area contributed by atoms with Crippen molar-refractivity contribution in [3.8, 4) is 0 Å². The predicted octanol–water partition coefficient (Wildman–Crippen LogP) is 1.16. The van der Waals surface area contributed by atoms with Gasteiger partial charge in [-0.25, -0.2) is 0 Å². The number of carboxylic acids is 1. The number of hydrogen-bond donors (Lipinski definition) is 2. The number of aryl methyl sites for hydroxylation is 1. The van der Waals surface area contributed by atoms with Crippen LogP contribution in [0.5, 0.6) is 0 Å². The Morgan fingerprint density at radius 1 is 1.26 bits per heavy atom. The molecule has 2 N–H and O–H groups in total. The maximum Gasteiger partial charge on any atom is 0.323 e. The van der Waals surface area contributed by atoms with Crippen molar-refractivity contribution >= 4 is 17.6 Å². The Hall–Kier alpha value is -2.04. The fraction of sp³-hybridized carbons (Fsp3) is 0.429. The first-order valence-electron chi connectivity index (χ1n) is 6.37. The molecular weight excluding hydrogens is 244 g/mol. The Labute approximate surface area is 112 Å². The number of amides is 1. The van der Waals surface area contributed by atoms with E-state index in [1.807, 2.05) is 31.2 Å². The summed E-state index contributed by atoms with van der Waals surface area (Å²) in [6.45, 7) is 1.86. The van der Waals surface area contributed by atoms with Crippen molar-refractivity contribution in [2.24, 2.45) is 0 Å². The van der Waals surface area contributed by atoms with Gasteiger partial charge in [-0.2, -0.15) is 0 Å². The van der Waals surface area contributed by atoms with Crippen molar-refractivity contribution in [2.45, 2.75) is 25.8 Å². The number of hydrogen-bond acceptors (Lipinski definition) is 3. The van der Waals surface area contributed by atoms with Gasteiger partial charge in [-0.1, -0.05) is 17.7 Å². The number of aliphatic carboxylic acids is 1. The summed E-state index contributed by atoms with van der Waals surface area (Å²) >= 11 is 0. The van der Waals surface area contributed by atoms with Gasteiger partial charge in [0, 0.05) is 11.7 Å². The van der Waals surface area contributed by atoms with E-state index in [2.05, 4.69) is 5.32 Å². The molecule has 5 heteroatoms. The number of rotatable bonds is 6. The van der Waals surface area contributed by atoms with Gasteiger partial charge in [0.2, 0.25) is 5.91 Å². The van der Waals surface area contributed by atoms with Crippen LogP contribution in [0.15, 0.2) is 24.3 Å². The monoisotopic (exact) mass is 262 g/mol. The molecule has 1 aromatic carbocycles.